The first-order valence-corrected chi connectivity index (χ1v) is 10.1. The number of nitrogens with zero attached hydrogens (tertiary/aromatic N) is 3. The number of amides is 1. The van der Waals surface area contributed by atoms with Crippen molar-refractivity contribution in [3.8, 4) is 0 Å². The minimum atomic E-state index is -0.727. The fraction of sp³-hybridized carbons (Fsp3) is 0.368. The summed E-state index contributed by atoms with van der Waals surface area (Å²) in [6.07, 6.45) is 3.10. The average Bonchev–Trinajstić information content (AvgIpc) is 3.34. The van der Waals surface area contributed by atoms with E-state index in [-0.39, 0.29) is 24.8 Å². The van der Waals surface area contributed by atoms with Crippen LogP contribution in [0.1, 0.15) is 30.2 Å². The first kappa shape index (κ1) is 20.3. The van der Waals surface area contributed by atoms with E-state index in [1.54, 1.807) is 36.4 Å². The van der Waals surface area contributed by atoms with E-state index in [0.29, 0.717) is 29.6 Å². The van der Waals surface area contributed by atoms with Crippen molar-refractivity contribution >= 4 is 40.5 Å². The highest BCUT2D eigenvalue weighted by Gasteiger charge is 2.33. The second kappa shape index (κ2) is 9.66. The summed E-state index contributed by atoms with van der Waals surface area (Å²) >= 11 is 7.36. The molecule has 0 saturated carbocycles. The molecular formula is C19H20ClN3O4S. The number of ether oxygens (including phenoxy) is 1. The van der Waals surface area contributed by atoms with Crippen LogP contribution in [0.5, 0.6) is 0 Å². The highest BCUT2D eigenvalue weighted by Crippen LogP contribution is 2.27. The molecule has 0 aliphatic carbocycles. The third kappa shape index (κ3) is 5.30. The number of pyridine rings is 1. The first-order chi connectivity index (χ1) is 13.6. The Morgan fingerprint density at radius 2 is 2.25 bits per heavy atom. The molecule has 0 saturated heterocycles. The number of thiophene rings is 1. The Balaban J connectivity index is 1.66. The van der Waals surface area contributed by atoms with Gasteiger partial charge in [-0.15, -0.1) is 11.3 Å². The zero-order valence-electron chi connectivity index (χ0n) is 15.3. The van der Waals surface area contributed by atoms with Gasteiger partial charge in [-0.05, 0) is 30.7 Å². The van der Waals surface area contributed by atoms with Gasteiger partial charge in [-0.25, -0.2) is 0 Å². The predicted octanol–water partition coefficient (Wildman–Crippen LogP) is 3.27. The fourth-order valence-electron chi connectivity index (χ4n) is 2.77. The first-order valence-electron chi connectivity index (χ1n) is 8.88. The van der Waals surface area contributed by atoms with Gasteiger partial charge in [-0.2, -0.15) is 0 Å². The molecule has 0 spiro atoms. The van der Waals surface area contributed by atoms with Crippen LogP contribution in [0, 0.1) is 0 Å². The van der Waals surface area contributed by atoms with Crippen LogP contribution < -0.4 is 0 Å². The monoisotopic (exact) mass is 421 g/mol. The van der Waals surface area contributed by atoms with E-state index in [1.165, 1.54) is 11.3 Å². The summed E-state index contributed by atoms with van der Waals surface area (Å²) in [5.41, 5.74) is 1.56. The Morgan fingerprint density at radius 1 is 1.39 bits per heavy atom. The molecule has 0 N–H and O–H groups in total. The number of carbonyl (C=O) groups is 2. The van der Waals surface area contributed by atoms with Crippen LogP contribution in [0.25, 0.3) is 0 Å². The van der Waals surface area contributed by atoms with Crippen molar-refractivity contribution in [3.05, 3.63) is 51.4 Å². The topological polar surface area (TPSA) is 81.1 Å². The van der Waals surface area contributed by atoms with Crippen molar-refractivity contribution in [1.82, 2.24) is 9.88 Å². The van der Waals surface area contributed by atoms with Crippen LogP contribution in [0.15, 0.2) is 41.8 Å². The van der Waals surface area contributed by atoms with Gasteiger partial charge in [0.05, 0.1) is 22.2 Å². The van der Waals surface area contributed by atoms with E-state index in [9.17, 15) is 9.59 Å². The maximum absolute atomic E-state index is 13.0. The number of hydrogen-bond acceptors (Lipinski definition) is 7. The Morgan fingerprint density at radius 3 is 2.93 bits per heavy atom. The lowest BCUT2D eigenvalue weighted by atomic mass is 10.1. The highest BCUT2D eigenvalue weighted by molar-refractivity contribution is 7.18. The Kier molecular flexibility index (Phi) is 7.00. The van der Waals surface area contributed by atoms with Crippen LogP contribution >= 0.6 is 22.9 Å². The van der Waals surface area contributed by atoms with Gasteiger partial charge in [0.25, 0.3) is 5.91 Å². The molecule has 1 aliphatic heterocycles. The lowest BCUT2D eigenvalue weighted by Crippen LogP contribution is -2.40. The van der Waals surface area contributed by atoms with Crippen LogP contribution in [0.3, 0.4) is 0 Å². The zero-order valence-corrected chi connectivity index (χ0v) is 16.9. The summed E-state index contributed by atoms with van der Waals surface area (Å²) in [7, 11) is 0. The molecule has 1 amide bonds. The number of hydrogen-bond donors (Lipinski definition) is 0. The number of aromatic nitrogens is 1. The van der Waals surface area contributed by atoms with E-state index < -0.39 is 6.10 Å². The molecule has 0 aromatic carbocycles. The molecule has 28 heavy (non-hydrogen) atoms. The summed E-state index contributed by atoms with van der Waals surface area (Å²) in [6, 6.07) is 7.32. The Hall–Kier alpha value is -2.45. The number of rotatable bonds is 8. The molecule has 2 aromatic rings. The number of esters is 1. The van der Waals surface area contributed by atoms with E-state index in [0.717, 1.165) is 10.4 Å². The van der Waals surface area contributed by atoms with Gasteiger partial charge in [-0.1, -0.05) is 22.8 Å². The van der Waals surface area contributed by atoms with Gasteiger partial charge in [0, 0.05) is 31.9 Å². The molecule has 0 radical (unpaired) electrons. The minimum Gasteiger partial charge on any atom is -0.466 e. The molecule has 0 bridgehead atoms. The normalized spacial score (nSPS) is 15.6. The van der Waals surface area contributed by atoms with Gasteiger partial charge in [-0.3, -0.25) is 14.6 Å². The zero-order chi connectivity index (χ0) is 19.9. The highest BCUT2D eigenvalue weighted by atomic mass is 35.5. The lowest BCUT2D eigenvalue weighted by Gasteiger charge is -2.24. The molecule has 0 fully saturated rings. The van der Waals surface area contributed by atoms with Crippen molar-refractivity contribution in [2.24, 2.45) is 5.16 Å². The molecule has 1 unspecified atom stereocenters. The molecule has 2 aromatic heterocycles. The summed E-state index contributed by atoms with van der Waals surface area (Å²) < 4.78 is 5.62. The molecule has 3 rings (SSSR count). The largest absolute Gasteiger partial charge is 0.466 e. The molecule has 148 valence electrons. The molecular weight excluding hydrogens is 402 g/mol. The van der Waals surface area contributed by atoms with Gasteiger partial charge in [0.2, 0.25) is 6.10 Å². The lowest BCUT2D eigenvalue weighted by molar-refractivity contribution is -0.146. The second-order valence-electron chi connectivity index (χ2n) is 6.12. The van der Waals surface area contributed by atoms with Gasteiger partial charge < -0.3 is 14.5 Å². The average molecular weight is 422 g/mol. The third-order valence-corrected chi connectivity index (χ3v) is 5.38. The Bertz CT molecular complexity index is 856. The molecule has 9 heteroatoms. The molecule has 1 atom stereocenters. The van der Waals surface area contributed by atoms with Gasteiger partial charge in [0.1, 0.15) is 5.71 Å². The van der Waals surface area contributed by atoms with Gasteiger partial charge >= 0.3 is 5.97 Å². The van der Waals surface area contributed by atoms with Crippen LogP contribution in [-0.2, 0) is 25.7 Å². The van der Waals surface area contributed by atoms with Gasteiger partial charge in [0.15, 0.2) is 0 Å². The number of oxime groups is 1. The predicted molar refractivity (Wildman–Crippen MR) is 106 cm³/mol. The summed E-state index contributed by atoms with van der Waals surface area (Å²) in [5.74, 6) is -0.571. The van der Waals surface area contributed by atoms with E-state index in [1.807, 2.05) is 12.1 Å². The summed E-state index contributed by atoms with van der Waals surface area (Å²) in [5, 5.41) is 4.05. The van der Waals surface area contributed by atoms with Crippen LogP contribution in [-0.4, -0.2) is 46.7 Å². The standard InChI is InChI=1S/C19H20ClN3O4S/c1-2-26-18(24)7-9-23(12-13-4-3-8-21-11-13)19(25)15-10-14(22-27-15)16-5-6-17(20)28-16/h3-6,8,11,15H,2,7,9-10,12H2,1H3. The smallest absolute Gasteiger partial charge is 0.307 e. The number of halogens is 1. The molecule has 3 heterocycles. The SMILES string of the molecule is CCOC(=O)CCN(Cc1cccnc1)C(=O)C1CC(c2ccc(Cl)s2)=NO1. The van der Waals surface area contributed by atoms with Crippen molar-refractivity contribution in [2.75, 3.05) is 13.2 Å². The molecule has 7 nitrogen and oxygen atoms in total. The minimum absolute atomic E-state index is 0.112. The van der Waals surface area contributed by atoms with E-state index in [2.05, 4.69) is 10.1 Å². The van der Waals surface area contributed by atoms with Crippen molar-refractivity contribution in [1.29, 1.82) is 0 Å². The number of carbonyl (C=O) groups excluding carboxylic acids is 2. The fourth-order valence-corrected chi connectivity index (χ4v) is 3.80. The van der Waals surface area contributed by atoms with Crippen LogP contribution in [0.2, 0.25) is 4.34 Å². The summed E-state index contributed by atoms with van der Waals surface area (Å²) in [4.78, 5) is 36.7. The van der Waals surface area contributed by atoms with Crippen molar-refractivity contribution < 1.29 is 19.2 Å². The van der Waals surface area contributed by atoms with Crippen molar-refractivity contribution in [3.63, 3.8) is 0 Å². The van der Waals surface area contributed by atoms with E-state index in [4.69, 9.17) is 21.2 Å². The van der Waals surface area contributed by atoms with Crippen molar-refractivity contribution in [2.45, 2.75) is 32.4 Å². The maximum atomic E-state index is 13.0. The molecule has 1 aliphatic rings. The maximum Gasteiger partial charge on any atom is 0.307 e. The van der Waals surface area contributed by atoms with E-state index >= 15 is 0 Å². The third-order valence-electron chi connectivity index (χ3n) is 4.10. The summed E-state index contributed by atoms with van der Waals surface area (Å²) in [6.45, 7) is 2.61. The quantitative estimate of drug-likeness (QED) is 0.611. The Labute approximate surface area is 171 Å². The second-order valence-corrected chi connectivity index (χ2v) is 7.83. The van der Waals surface area contributed by atoms with Crippen LogP contribution in [0.4, 0.5) is 0 Å².